The van der Waals surface area contributed by atoms with E-state index < -0.39 is 0 Å². The summed E-state index contributed by atoms with van der Waals surface area (Å²) in [6, 6.07) is 1.56. The second-order valence-corrected chi connectivity index (χ2v) is 6.43. The molecule has 0 bridgehead atoms. The molecule has 8 heteroatoms. The van der Waals surface area contributed by atoms with Crippen molar-refractivity contribution in [2.45, 2.75) is 32.9 Å². The highest BCUT2D eigenvalue weighted by molar-refractivity contribution is 6.01. The summed E-state index contributed by atoms with van der Waals surface area (Å²) in [5, 5.41) is 1.97. The zero-order valence-corrected chi connectivity index (χ0v) is 14.4. The van der Waals surface area contributed by atoms with E-state index in [-0.39, 0.29) is 11.7 Å². The van der Waals surface area contributed by atoms with Crippen molar-refractivity contribution >= 4 is 23.4 Å². The van der Waals surface area contributed by atoms with Crippen molar-refractivity contribution in [2.24, 2.45) is 9.98 Å². The van der Waals surface area contributed by atoms with Crippen molar-refractivity contribution in [3.8, 4) is 0 Å². The highest BCUT2D eigenvalue weighted by Gasteiger charge is 2.29. The molecule has 0 amide bonds. The minimum atomic E-state index is -0.142. The smallest absolute Gasteiger partial charge is 0.253 e. The second kappa shape index (κ2) is 6.19. The van der Waals surface area contributed by atoms with Gasteiger partial charge < -0.3 is 9.88 Å². The number of aliphatic imine (C=N–C) groups is 2. The lowest BCUT2D eigenvalue weighted by atomic mass is 10.2. The van der Waals surface area contributed by atoms with Crippen LogP contribution in [0.15, 0.2) is 38.8 Å². The molecule has 3 aliphatic rings. The molecule has 1 fully saturated rings. The predicted molar refractivity (Wildman–Crippen MR) is 98.4 cm³/mol. The van der Waals surface area contributed by atoms with Crippen LogP contribution in [0.2, 0.25) is 0 Å². The number of hydrogen-bond acceptors (Lipinski definition) is 7. The monoisotopic (exact) mass is 339 g/mol. The number of hydrazine groups is 1. The number of rotatable bonds is 3. The number of aromatic nitrogens is 2. The summed E-state index contributed by atoms with van der Waals surface area (Å²) < 4.78 is 0. The summed E-state index contributed by atoms with van der Waals surface area (Å²) in [6.07, 6.45) is 7.59. The Kier molecular flexibility index (Phi) is 3.87. The first-order chi connectivity index (χ1) is 12.1. The molecule has 1 unspecified atom stereocenters. The molecule has 1 aromatic rings. The summed E-state index contributed by atoms with van der Waals surface area (Å²) in [4.78, 5) is 30.4. The number of H-pyrrole nitrogens is 1. The first-order valence-electron chi connectivity index (χ1n) is 8.49. The summed E-state index contributed by atoms with van der Waals surface area (Å²) >= 11 is 0. The molecule has 0 saturated carbocycles. The number of anilines is 1. The molecule has 3 aliphatic heterocycles. The zero-order chi connectivity index (χ0) is 17.4. The molecular weight excluding hydrogens is 318 g/mol. The van der Waals surface area contributed by atoms with Crippen LogP contribution in [-0.4, -0.2) is 45.8 Å². The molecular formula is C17H21N7O. The predicted octanol–water partition coefficient (Wildman–Crippen LogP) is 1.26. The second-order valence-electron chi connectivity index (χ2n) is 6.43. The van der Waals surface area contributed by atoms with Crippen molar-refractivity contribution < 1.29 is 0 Å². The maximum Gasteiger partial charge on any atom is 0.253 e. The number of aromatic amines is 1. The number of allylic oxidation sites excluding steroid dienone is 1. The number of nitrogens with one attached hydrogen (secondary N) is 2. The molecule has 1 atom stereocenters. The largest absolute Gasteiger partial charge is 0.356 e. The van der Waals surface area contributed by atoms with Crippen LogP contribution in [0.1, 0.15) is 32.5 Å². The summed E-state index contributed by atoms with van der Waals surface area (Å²) in [5.74, 6) is 1.98. The van der Waals surface area contributed by atoms with Gasteiger partial charge in [0.25, 0.3) is 5.56 Å². The fraction of sp³-hybridized carbons (Fsp3) is 0.412. The van der Waals surface area contributed by atoms with E-state index in [2.05, 4.69) is 30.3 Å². The fourth-order valence-electron chi connectivity index (χ4n) is 3.18. The summed E-state index contributed by atoms with van der Waals surface area (Å²) in [6.45, 7) is 5.84. The van der Waals surface area contributed by atoms with E-state index in [1.54, 1.807) is 12.1 Å². The molecule has 2 N–H and O–H groups in total. The minimum Gasteiger partial charge on any atom is -0.356 e. The first kappa shape index (κ1) is 15.6. The van der Waals surface area contributed by atoms with Crippen molar-refractivity contribution in [2.75, 3.05) is 18.0 Å². The molecule has 4 heterocycles. The SMILES string of the molecule is CC1=CN=C(C)C2N=C(/C=C/c3nc(N4CCCC4)cc(=O)[nH]3)NN12. The Morgan fingerprint density at radius 2 is 2.04 bits per heavy atom. The van der Waals surface area contributed by atoms with Gasteiger partial charge in [0.1, 0.15) is 17.5 Å². The average molecular weight is 339 g/mol. The van der Waals surface area contributed by atoms with Crippen molar-refractivity contribution in [3.05, 3.63) is 40.2 Å². The molecule has 0 radical (unpaired) electrons. The van der Waals surface area contributed by atoms with Gasteiger partial charge in [-0.2, -0.15) is 0 Å². The third-order valence-corrected chi connectivity index (χ3v) is 4.53. The Hall–Kier alpha value is -2.90. The quantitative estimate of drug-likeness (QED) is 0.865. The Bertz CT molecular complexity index is 858. The van der Waals surface area contributed by atoms with E-state index in [1.807, 2.05) is 31.1 Å². The van der Waals surface area contributed by atoms with Gasteiger partial charge in [-0.15, -0.1) is 0 Å². The van der Waals surface area contributed by atoms with Crippen LogP contribution in [-0.2, 0) is 0 Å². The summed E-state index contributed by atoms with van der Waals surface area (Å²) in [7, 11) is 0. The molecule has 25 heavy (non-hydrogen) atoms. The minimum absolute atomic E-state index is 0.118. The van der Waals surface area contributed by atoms with Crippen LogP contribution < -0.4 is 15.9 Å². The lowest BCUT2D eigenvalue weighted by molar-refractivity contribution is 0.296. The Morgan fingerprint density at radius 3 is 2.80 bits per heavy atom. The van der Waals surface area contributed by atoms with Gasteiger partial charge in [0, 0.05) is 25.4 Å². The normalized spacial score (nSPS) is 22.6. The Balaban J connectivity index is 1.55. The molecule has 0 aromatic carbocycles. The molecule has 1 aromatic heterocycles. The molecule has 4 rings (SSSR count). The maximum atomic E-state index is 11.9. The van der Waals surface area contributed by atoms with Gasteiger partial charge >= 0.3 is 0 Å². The van der Waals surface area contributed by atoms with Crippen LogP contribution in [0.4, 0.5) is 5.82 Å². The third-order valence-electron chi connectivity index (χ3n) is 4.53. The molecule has 0 spiro atoms. The zero-order valence-electron chi connectivity index (χ0n) is 14.4. The number of amidine groups is 1. The number of nitrogens with zero attached hydrogens (tertiary/aromatic N) is 5. The van der Waals surface area contributed by atoms with E-state index in [1.165, 1.54) is 0 Å². The van der Waals surface area contributed by atoms with Gasteiger partial charge in [0.05, 0.1) is 11.4 Å². The highest BCUT2D eigenvalue weighted by atomic mass is 16.1. The van der Waals surface area contributed by atoms with E-state index in [0.717, 1.165) is 43.2 Å². The van der Waals surface area contributed by atoms with Crippen LogP contribution in [0.25, 0.3) is 6.08 Å². The van der Waals surface area contributed by atoms with Gasteiger partial charge in [-0.25, -0.2) is 9.98 Å². The number of hydrogen-bond donors (Lipinski definition) is 2. The molecule has 130 valence electrons. The van der Waals surface area contributed by atoms with Crippen LogP contribution in [0, 0.1) is 0 Å². The lowest BCUT2D eigenvalue weighted by Gasteiger charge is -2.27. The Labute approximate surface area is 145 Å². The highest BCUT2D eigenvalue weighted by Crippen LogP contribution is 2.19. The van der Waals surface area contributed by atoms with Crippen molar-refractivity contribution in [1.29, 1.82) is 0 Å². The first-order valence-corrected chi connectivity index (χ1v) is 8.49. The van der Waals surface area contributed by atoms with Gasteiger partial charge in [0.2, 0.25) is 0 Å². The maximum absolute atomic E-state index is 11.9. The van der Waals surface area contributed by atoms with Gasteiger partial charge in [-0.05, 0) is 38.8 Å². The number of fused-ring (bicyclic) bond motifs is 1. The van der Waals surface area contributed by atoms with Crippen molar-refractivity contribution in [3.63, 3.8) is 0 Å². The van der Waals surface area contributed by atoms with Crippen LogP contribution in [0.3, 0.4) is 0 Å². The van der Waals surface area contributed by atoms with E-state index >= 15 is 0 Å². The van der Waals surface area contributed by atoms with Gasteiger partial charge in [-0.3, -0.25) is 20.2 Å². The summed E-state index contributed by atoms with van der Waals surface area (Å²) in [5.41, 5.74) is 5.04. The Morgan fingerprint density at radius 1 is 1.24 bits per heavy atom. The molecule has 8 nitrogen and oxygen atoms in total. The van der Waals surface area contributed by atoms with Crippen molar-refractivity contribution in [1.82, 2.24) is 20.4 Å². The molecule has 1 saturated heterocycles. The molecule has 0 aliphatic carbocycles. The van der Waals surface area contributed by atoms with E-state index in [0.29, 0.717) is 11.7 Å². The van der Waals surface area contributed by atoms with Crippen LogP contribution >= 0.6 is 0 Å². The average Bonchev–Trinajstić information content (AvgIpc) is 3.26. The van der Waals surface area contributed by atoms with Crippen LogP contribution in [0.5, 0.6) is 0 Å². The standard InChI is InChI=1S/C17H21N7O/c1-11-10-18-12(2)17-21-14(22-24(11)17)6-5-13-19-15(9-16(25)20-13)23-7-3-4-8-23/h5-6,9-10,17H,3-4,7-8H2,1-2H3,(H,21,22)(H,19,20,25)/b6-5+. The van der Waals surface area contributed by atoms with Gasteiger partial charge in [0.15, 0.2) is 6.17 Å². The lowest BCUT2D eigenvalue weighted by Crippen LogP contribution is -2.43. The fourth-order valence-corrected chi connectivity index (χ4v) is 3.18. The third kappa shape index (κ3) is 3.07. The van der Waals surface area contributed by atoms with E-state index in [4.69, 9.17) is 0 Å². The van der Waals surface area contributed by atoms with Gasteiger partial charge in [-0.1, -0.05) is 0 Å². The van der Waals surface area contributed by atoms with E-state index in [9.17, 15) is 4.79 Å². The topological polar surface area (TPSA) is 89.0 Å².